The molecule has 3 aromatic rings. The summed E-state index contributed by atoms with van der Waals surface area (Å²) in [7, 11) is 3.39. The maximum Gasteiger partial charge on any atom is 0.251 e. The second-order valence-corrected chi connectivity index (χ2v) is 7.25. The number of carbonyl (C=O) groups is 1. The quantitative estimate of drug-likeness (QED) is 0.210. The Bertz CT molecular complexity index is 1040. The molecule has 0 unspecified atom stereocenters. The summed E-state index contributed by atoms with van der Waals surface area (Å²) < 4.78 is 5.91. The van der Waals surface area contributed by atoms with E-state index in [1.807, 2.05) is 66.7 Å². The van der Waals surface area contributed by atoms with Gasteiger partial charge in [0.15, 0.2) is 5.96 Å². The Morgan fingerprint density at radius 2 is 1.64 bits per heavy atom. The van der Waals surface area contributed by atoms with Gasteiger partial charge < -0.3 is 20.7 Å². The van der Waals surface area contributed by atoms with Gasteiger partial charge >= 0.3 is 0 Å². The van der Waals surface area contributed by atoms with Crippen LogP contribution in [0.15, 0.2) is 83.9 Å². The number of ether oxygens (including phenoxy) is 1. The van der Waals surface area contributed by atoms with Crippen LogP contribution in [-0.4, -0.2) is 32.5 Å². The van der Waals surface area contributed by atoms with Crippen LogP contribution in [0.4, 0.5) is 0 Å². The molecule has 0 radical (unpaired) electrons. The summed E-state index contributed by atoms with van der Waals surface area (Å²) in [6.07, 6.45) is 0.785. The number of amides is 1. The standard InChI is InChI=1S/C26H30N4O2.HI/c1-27-25(31)21-12-8-9-20(17-21)15-16-29-26(28-2)30-18-22-10-6-7-11-23(22)19-32-24-13-4-3-5-14-24;/h3-14,17H,15-16,18-19H2,1-2H3,(H,27,31)(H2,28,29,30);1H. The summed E-state index contributed by atoms with van der Waals surface area (Å²) in [4.78, 5) is 16.1. The molecule has 7 heteroatoms. The molecule has 6 nitrogen and oxygen atoms in total. The maximum absolute atomic E-state index is 11.8. The van der Waals surface area contributed by atoms with Crippen molar-refractivity contribution < 1.29 is 9.53 Å². The number of halogens is 1. The molecule has 0 bridgehead atoms. The number of hydrogen-bond acceptors (Lipinski definition) is 3. The van der Waals surface area contributed by atoms with Crippen LogP contribution in [0, 0.1) is 0 Å². The van der Waals surface area contributed by atoms with Crippen molar-refractivity contribution in [1.82, 2.24) is 16.0 Å². The van der Waals surface area contributed by atoms with E-state index in [0.29, 0.717) is 25.3 Å². The van der Waals surface area contributed by atoms with Crippen molar-refractivity contribution in [2.45, 2.75) is 19.6 Å². The number of nitrogens with one attached hydrogen (secondary N) is 3. The van der Waals surface area contributed by atoms with Gasteiger partial charge in [-0.15, -0.1) is 24.0 Å². The maximum atomic E-state index is 11.8. The number of benzene rings is 3. The van der Waals surface area contributed by atoms with Crippen molar-refractivity contribution >= 4 is 35.8 Å². The topological polar surface area (TPSA) is 74.8 Å². The lowest BCUT2D eigenvalue weighted by molar-refractivity contribution is 0.0963. The Morgan fingerprint density at radius 1 is 0.909 bits per heavy atom. The number of aliphatic imine (C=N–C) groups is 1. The lowest BCUT2D eigenvalue weighted by Gasteiger charge is -2.15. The van der Waals surface area contributed by atoms with Gasteiger partial charge in [0.2, 0.25) is 0 Å². The van der Waals surface area contributed by atoms with Crippen LogP contribution in [0.25, 0.3) is 0 Å². The van der Waals surface area contributed by atoms with Crippen molar-refractivity contribution in [3.05, 3.63) is 101 Å². The molecule has 0 saturated carbocycles. The third-order valence-corrected chi connectivity index (χ3v) is 5.05. The molecule has 0 aliphatic rings. The Morgan fingerprint density at radius 3 is 2.36 bits per heavy atom. The molecule has 1 amide bonds. The summed E-state index contributed by atoms with van der Waals surface area (Å²) in [5, 5.41) is 9.36. The summed E-state index contributed by atoms with van der Waals surface area (Å²) in [5.41, 5.74) is 4.05. The van der Waals surface area contributed by atoms with Gasteiger partial charge in [0, 0.05) is 32.7 Å². The minimum absolute atomic E-state index is 0. The zero-order chi connectivity index (χ0) is 22.6. The molecule has 0 aliphatic carbocycles. The lowest BCUT2D eigenvalue weighted by Crippen LogP contribution is -2.38. The molecule has 0 aromatic heterocycles. The molecule has 33 heavy (non-hydrogen) atoms. The van der Waals surface area contributed by atoms with Gasteiger partial charge in [-0.3, -0.25) is 9.79 Å². The molecule has 3 rings (SSSR count). The lowest BCUT2D eigenvalue weighted by atomic mass is 10.1. The molecule has 0 fully saturated rings. The van der Waals surface area contributed by atoms with Crippen LogP contribution in [-0.2, 0) is 19.6 Å². The highest BCUT2D eigenvalue weighted by atomic mass is 127. The van der Waals surface area contributed by atoms with Crippen LogP contribution in [0.2, 0.25) is 0 Å². The molecule has 0 atom stereocenters. The fourth-order valence-electron chi connectivity index (χ4n) is 3.29. The fourth-order valence-corrected chi connectivity index (χ4v) is 3.29. The first-order valence-corrected chi connectivity index (χ1v) is 10.7. The van der Waals surface area contributed by atoms with E-state index in [2.05, 4.69) is 33.1 Å². The number of carbonyl (C=O) groups excluding carboxylic acids is 1. The molecule has 174 valence electrons. The van der Waals surface area contributed by atoms with Crippen molar-refractivity contribution in [3.8, 4) is 5.75 Å². The summed E-state index contributed by atoms with van der Waals surface area (Å²) in [5.74, 6) is 1.51. The van der Waals surface area contributed by atoms with Gasteiger partial charge in [0.05, 0.1) is 0 Å². The molecular weight excluding hydrogens is 527 g/mol. The first kappa shape index (κ1) is 26.2. The van der Waals surface area contributed by atoms with Gasteiger partial charge in [-0.05, 0) is 47.4 Å². The van der Waals surface area contributed by atoms with E-state index >= 15 is 0 Å². The summed E-state index contributed by atoms with van der Waals surface area (Å²) >= 11 is 0. The largest absolute Gasteiger partial charge is 0.489 e. The van der Waals surface area contributed by atoms with E-state index < -0.39 is 0 Å². The summed E-state index contributed by atoms with van der Waals surface area (Å²) in [6.45, 7) is 1.85. The second-order valence-electron chi connectivity index (χ2n) is 7.25. The zero-order valence-electron chi connectivity index (χ0n) is 19.0. The third-order valence-electron chi connectivity index (χ3n) is 5.05. The van der Waals surface area contributed by atoms with Gasteiger partial charge in [0.25, 0.3) is 5.91 Å². The van der Waals surface area contributed by atoms with Crippen LogP contribution >= 0.6 is 24.0 Å². The number of rotatable bonds is 9. The van der Waals surface area contributed by atoms with Gasteiger partial charge in [-0.1, -0.05) is 54.6 Å². The minimum Gasteiger partial charge on any atom is -0.489 e. The normalized spacial score (nSPS) is 10.7. The van der Waals surface area contributed by atoms with E-state index in [0.717, 1.165) is 34.8 Å². The third kappa shape index (κ3) is 8.42. The SMILES string of the molecule is CN=C(NCCc1cccc(C(=O)NC)c1)NCc1ccccc1COc1ccccc1.I. The highest BCUT2D eigenvalue weighted by molar-refractivity contribution is 14.0. The molecule has 3 aromatic carbocycles. The van der Waals surface area contributed by atoms with E-state index in [1.165, 1.54) is 0 Å². The Labute approximate surface area is 212 Å². The molecular formula is C26H31IN4O2. The van der Waals surface area contributed by atoms with Crippen molar-refractivity contribution in [2.24, 2.45) is 4.99 Å². The smallest absolute Gasteiger partial charge is 0.251 e. The average Bonchev–Trinajstić information content (AvgIpc) is 2.85. The van der Waals surface area contributed by atoms with Gasteiger partial charge in [-0.25, -0.2) is 0 Å². The van der Waals surface area contributed by atoms with Crippen molar-refractivity contribution in [1.29, 1.82) is 0 Å². The molecule has 0 saturated heterocycles. The Kier molecular flexibility index (Phi) is 11.2. The first-order valence-electron chi connectivity index (χ1n) is 10.7. The van der Waals surface area contributed by atoms with Crippen LogP contribution < -0.4 is 20.7 Å². The van der Waals surface area contributed by atoms with E-state index in [1.54, 1.807) is 14.1 Å². The highest BCUT2D eigenvalue weighted by Gasteiger charge is 2.06. The Hall–Kier alpha value is -3.07. The molecule has 0 heterocycles. The number of nitrogens with zero attached hydrogens (tertiary/aromatic N) is 1. The number of para-hydroxylation sites is 1. The van der Waals surface area contributed by atoms with Gasteiger partial charge in [0.1, 0.15) is 12.4 Å². The number of guanidine groups is 1. The molecule has 3 N–H and O–H groups in total. The second kappa shape index (κ2) is 14.2. The Balaban J connectivity index is 0.00000385. The van der Waals surface area contributed by atoms with E-state index in [-0.39, 0.29) is 29.9 Å². The minimum atomic E-state index is -0.0767. The first-order chi connectivity index (χ1) is 15.7. The average molecular weight is 558 g/mol. The molecule has 0 aliphatic heterocycles. The number of hydrogen-bond donors (Lipinski definition) is 3. The van der Waals surface area contributed by atoms with Crippen LogP contribution in [0.5, 0.6) is 5.75 Å². The fraction of sp³-hybridized carbons (Fsp3) is 0.231. The summed E-state index contributed by atoms with van der Waals surface area (Å²) in [6, 6.07) is 25.7. The predicted octanol–water partition coefficient (Wildman–Crippen LogP) is 4.15. The van der Waals surface area contributed by atoms with E-state index in [9.17, 15) is 4.79 Å². The highest BCUT2D eigenvalue weighted by Crippen LogP contribution is 2.14. The van der Waals surface area contributed by atoms with Gasteiger partial charge in [-0.2, -0.15) is 0 Å². The zero-order valence-corrected chi connectivity index (χ0v) is 21.3. The van der Waals surface area contributed by atoms with E-state index in [4.69, 9.17) is 4.74 Å². The van der Waals surface area contributed by atoms with Crippen LogP contribution in [0.3, 0.4) is 0 Å². The monoisotopic (exact) mass is 558 g/mol. The molecule has 0 spiro atoms. The van der Waals surface area contributed by atoms with Crippen molar-refractivity contribution in [2.75, 3.05) is 20.6 Å². The van der Waals surface area contributed by atoms with Crippen LogP contribution in [0.1, 0.15) is 27.0 Å². The van der Waals surface area contributed by atoms with Crippen molar-refractivity contribution in [3.63, 3.8) is 0 Å². The predicted molar refractivity (Wildman–Crippen MR) is 144 cm³/mol.